The number of carbonyl (C=O) groups excluding carboxylic acids is 1. The summed E-state index contributed by atoms with van der Waals surface area (Å²) in [6.45, 7) is 0. The SMILES string of the molecule is O=C(CSc1ccc(F)cc1)N1N=C(c2cccs2)C[C@H]1c1cccs1. The molecule has 1 amide bonds. The van der Waals surface area contributed by atoms with E-state index in [1.54, 1.807) is 39.8 Å². The van der Waals surface area contributed by atoms with Gasteiger partial charge in [-0.15, -0.1) is 34.4 Å². The zero-order chi connectivity index (χ0) is 17.9. The second-order valence-electron chi connectivity index (χ2n) is 5.74. The zero-order valence-electron chi connectivity index (χ0n) is 13.7. The van der Waals surface area contributed by atoms with Crippen LogP contribution >= 0.6 is 34.4 Å². The van der Waals surface area contributed by atoms with E-state index in [-0.39, 0.29) is 23.5 Å². The van der Waals surface area contributed by atoms with Crippen LogP contribution in [0.2, 0.25) is 0 Å². The van der Waals surface area contributed by atoms with Gasteiger partial charge in [-0.25, -0.2) is 9.40 Å². The van der Waals surface area contributed by atoms with E-state index in [1.165, 1.54) is 23.9 Å². The van der Waals surface area contributed by atoms with Gasteiger partial charge in [0.2, 0.25) is 0 Å². The smallest absolute Gasteiger partial charge is 0.253 e. The van der Waals surface area contributed by atoms with Crippen molar-refractivity contribution in [3.05, 3.63) is 74.9 Å². The Balaban J connectivity index is 1.52. The molecule has 1 aliphatic rings. The first-order valence-electron chi connectivity index (χ1n) is 8.06. The number of halogens is 1. The van der Waals surface area contributed by atoms with Gasteiger partial charge in [0.25, 0.3) is 5.91 Å². The molecule has 3 nitrogen and oxygen atoms in total. The van der Waals surface area contributed by atoms with Gasteiger partial charge in [-0.05, 0) is 47.2 Å². The van der Waals surface area contributed by atoms with Crippen LogP contribution in [0.25, 0.3) is 0 Å². The molecular weight excluding hydrogens is 387 g/mol. The second kappa shape index (κ2) is 7.73. The van der Waals surface area contributed by atoms with Crippen molar-refractivity contribution in [3.63, 3.8) is 0 Å². The molecule has 1 aromatic carbocycles. The van der Waals surface area contributed by atoms with Gasteiger partial charge in [0, 0.05) is 16.2 Å². The van der Waals surface area contributed by atoms with E-state index in [2.05, 4.69) is 11.2 Å². The van der Waals surface area contributed by atoms with E-state index < -0.39 is 0 Å². The average molecular weight is 403 g/mol. The van der Waals surface area contributed by atoms with Crippen LogP contribution in [0.5, 0.6) is 0 Å². The van der Waals surface area contributed by atoms with Crippen LogP contribution in [0, 0.1) is 5.82 Å². The molecule has 132 valence electrons. The number of nitrogens with zero attached hydrogens (tertiary/aromatic N) is 2. The largest absolute Gasteiger partial charge is 0.272 e. The first kappa shape index (κ1) is 17.5. The molecule has 3 heterocycles. The van der Waals surface area contributed by atoms with Crippen LogP contribution < -0.4 is 0 Å². The third kappa shape index (κ3) is 3.75. The van der Waals surface area contributed by atoms with E-state index in [0.29, 0.717) is 0 Å². The predicted molar refractivity (Wildman–Crippen MR) is 107 cm³/mol. The molecule has 0 fully saturated rings. The molecule has 4 rings (SSSR count). The first-order valence-corrected chi connectivity index (χ1v) is 10.8. The number of thioether (sulfide) groups is 1. The van der Waals surface area contributed by atoms with Crippen molar-refractivity contribution >= 4 is 46.1 Å². The Kier molecular flexibility index (Phi) is 5.19. The normalized spacial score (nSPS) is 16.7. The summed E-state index contributed by atoms with van der Waals surface area (Å²) in [6.07, 6.45) is 0.730. The number of thiophene rings is 2. The zero-order valence-corrected chi connectivity index (χ0v) is 16.1. The Labute approximate surface area is 163 Å². The van der Waals surface area contributed by atoms with Gasteiger partial charge in [-0.1, -0.05) is 12.1 Å². The molecule has 26 heavy (non-hydrogen) atoms. The van der Waals surface area contributed by atoms with E-state index in [0.717, 1.165) is 26.8 Å². The third-order valence-electron chi connectivity index (χ3n) is 4.02. The number of hydrazone groups is 1. The Morgan fingerprint density at radius 2 is 1.92 bits per heavy atom. The van der Waals surface area contributed by atoms with Crippen LogP contribution in [0.4, 0.5) is 4.39 Å². The van der Waals surface area contributed by atoms with Gasteiger partial charge in [-0.2, -0.15) is 5.10 Å². The maximum atomic E-state index is 13.0. The second-order valence-corrected chi connectivity index (χ2v) is 8.72. The molecule has 2 aromatic heterocycles. The van der Waals surface area contributed by atoms with Crippen molar-refractivity contribution < 1.29 is 9.18 Å². The van der Waals surface area contributed by atoms with Crippen molar-refractivity contribution in [2.75, 3.05) is 5.75 Å². The fraction of sp³-hybridized carbons (Fsp3) is 0.158. The van der Waals surface area contributed by atoms with Crippen LogP contribution in [0.3, 0.4) is 0 Å². The lowest BCUT2D eigenvalue weighted by Gasteiger charge is -2.20. The molecular formula is C19H15FN2OS3. The summed E-state index contributed by atoms with van der Waals surface area (Å²) < 4.78 is 13.0. The summed E-state index contributed by atoms with van der Waals surface area (Å²) in [5.74, 6) is -0.0400. The molecule has 1 aliphatic heterocycles. The van der Waals surface area contributed by atoms with E-state index in [4.69, 9.17) is 0 Å². The number of amides is 1. The van der Waals surface area contributed by atoms with Crippen LogP contribution in [-0.2, 0) is 4.79 Å². The Morgan fingerprint density at radius 3 is 2.62 bits per heavy atom. The summed E-state index contributed by atoms with van der Waals surface area (Å²) >= 11 is 4.68. The highest BCUT2D eigenvalue weighted by atomic mass is 32.2. The molecule has 0 aliphatic carbocycles. The number of carbonyl (C=O) groups is 1. The van der Waals surface area contributed by atoms with E-state index >= 15 is 0 Å². The monoisotopic (exact) mass is 402 g/mol. The number of rotatable bonds is 5. The van der Waals surface area contributed by atoms with Crippen LogP contribution in [0.15, 0.2) is 69.3 Å². The fourth-order valence-corrected chi connectivity index (χ4v) is 5.06. The molecule has 0 spiro atoms. The highest BCUT2D eigenvalue weighted by Crippen LogP contribution is 2.36. The van der Waals surface area contributed by atoms with Gasteiger partial charge >= 0.3 is 0 Å². The maximum Gasteiger partial charge on any atom is 0.253 e. The first-order chi connectivity index (χ1) is 12.7. The Bertz CT molecular complexity index is 905. The lowest BCUT2D eigenvalue weighted by molar-refractivity contribution is -0.130. The Hall–Kier alpha value is -1.96. The van der Waals surface area contributed by atoms with Gasteiger partial charge in [0.15, 0.2) is 0 Å². The molecule has 0 N–H and O–H groups in total. The van der Waals surface area contributed by atoms with Gasteiger partial charge in [0.05, 0.1) is 22.4 Å². The molecule has 0 saturated heterocycles. The quantitative estimate of drug-likeness (QED) is 0.534. The summed E-state index contributed by atoms with van der Waals surface area (Å²) in [5, 5.41) is 10.3. The molecule has 7 heteroatoms. The van der Waals surface area contributed by atoms with Crippen molar-refractivity contribution in [3.8, 4) is 0 Å². The highest BCUT2D eigenvalue weighted by Gasteiger charge is 2.33. The van der Waals surface area contributed by atoms with Crippen molar-refractivity contribution in [2.45, 2.75) is 17.4 Å². The standard InChI is InChI=1S/C19H15FN2OS3/c20-13-5-7-14(8-6-13)26-12-19(23)22-16(18-4-2-10-25-18)11-15(21-22)17-3-1-9-24-17/h1-10,16H,11-12H2/t16-/m0/s1. The lowest BCUT2D eigenvalue weighted by atomic mass is 10.1. The minimum Gasteiger partial charge on any atom is -0.272 e. The van der Waals surface area contributed by atoms with E-state index in [9.17, 15) is 9.18 Å². The van der Waals surface area contributed by atoms with Crippen molar-refractivity contribution in [2.24, 2.45) is 5.10 Å². The summed E-state index contributed by atoms with van der Waals surface area (Å²) in [7, 11) is 0. The van der Waals surface area contributed by atoms with Crippen molar-refractivity contribution in [1.82, 2.24) is 5.01 Å². The minimum absolute atomic E-state index is 0.0377. The lowest BCUT2D eigenvalue weighted by Crippen LogP contribution is -2.28. The number of benzene rings is 1. The molecule has 3 aromatic rings. The molecule has 0 radical (unpaired) electrons. The van der Waals surface area contributed by atoms with Gasteiger partial charge in [0.1, 0.15) is 5.82 Å². The number of hydrogen-bond acceptors (Lipinski definition) is 5. The summed E-state index contributed by atoms with van der Waals surface area (Å²) in [4.78, 5) is 16.0. The van der Waals surface area contributed by atoms with Crippen LogP contribution in [0.1, 0.15) is 22.2 Å². The highest BCUT2D eigenvalue weighted by molar-refractivity contribution is 8.00. The fourth-order valence-electron chi connectivity index (χ4n) is 2.78. The maximum absolute atomic E-state index is 13.0. The van der Waals surface area contributed by atoms with Crippen LogP contribution in [-0.4, -0.2) is 22.4 Å². The number of hydrogen-bond donors (Lipinski definition) is 0. The predicted octanol–water partition coefficient (Wildman–Crippen LogP) is 5.42. The molecule has 0 bridgehead atoms. The summed E-state index contributed by atoms with van der Waals surface area (Å²) in [5.41, 5.74) is 0.957. The third-order valence-corrected chi connectivity index (χ3v) is 6.91. The summed E-state index contributed by atoms with van der Waals surface area (Å²) in [6, 6.07) is 14.2. The Morgan fingerprint density at radius 1 is 1.15 bits per heavy atom. The molecule has 0 unspecified atom stereocenters. The van der Waals surface area contributed by atoms with Crippen molar-refractivity contribution in [1.29, 1.82) is 0 Å². The topological polar surface area (TPSA) is 32.7 Å². The molecule has 0 saturated carbocycles. The average Bonchev–Trinajstić information content (AvgIpc) is 3.41. The minimum atomic E-state index is -0.275. The molecule has 1 atom stereocenters. The van der Waals surface area contributed by atoms with E-state index in [1.807, 2.05) is 29.0 Å². The van der Waals surface area contributed by atoms with Gasteiger partial charge < -0.3 is 0 Å². The van der Waals surface area contributed by atoms with Gasteiger partial charge in [-0.3, -0.25) is 4.79 Å².